The van der Waals surface area contributed by atoms with E-state index in [2.05, 4.69) is 0 Å². The summed E-state index contributed by atoms with van der Waals surface area (Å²) in [7, 11) is 0. The van der Waals surface area contributed by atoms with Crippen molar-refractivity contribution in [1.82, 2.24) is 0 Å². The first-order valence-corrected chi connectivity index (χ1v) is 8.28. The summed E-state index contributed by atoms with van der Waals surface area (Å²) in [6.07, 6.45) is 0.965. The van der Waals surface area contributed by atoms with Gasteiger partial charge in [0.05, 0.1) is 11.6 Å². The normalized spacial score (nSPS) is 22.8. The molecule has 0 radical (unpaired) electrons. The SMILES string of the molecule is CC1(C)CC(=O)C2=C(C1)C(c1c(Cl)cccc1Cl)C(N)=C(C#N)O2. The van der Waals surface area contributed by atoms with E-state index in [9.17, 15) is 10.1 Å². The Morgan fingerprint density at radius 1 is 1.29 bits per heavy atom. The lowest BCUT2D eigenvalue weighted by Crippen LogP contribution is -2.33. The Balaban J connectivity index is 2.27. The highest BCUT2D eigenvalue weighted by Crippen LogP contribution is 2.50. The topological polar surface area (TPSA) is 76.1 Å². The number of allylic oxidation sites excluding steroid dienone is 3. The van der Waals surface area contributed by atoms with E-state index in [0.717, 1.165) is 5.57 Å². The molecule has 0 bridgehead atoms. The van der Waals surface area contributed by atoms with Gasteiger partial charge in [-0.3, -0.25) is 4.79 Å². The molecule has 0 amide bonds. The van der Waals surface area contributed by atoms with Crippen LogP contribution in [0.15, 0.2) is 41.0 Å². The lowest BCUT2D eigenvalue weighted by molar-refractivity contribution is -0.121. The fraction of sp³-hybridized carbons (Fsp3) is 0.333. The maximum Gasteiger partial charge on any atom is 0.223 e. The second-order valence-corrected chi connectivity index (χ2v) is 7.68. The fourth-order valence-electron chi connectivity index (χ4n) is 3.39. The minimum Gasteiger partial charge on any atom is -0.441 e. The molecule has 24 heavy (non-hydrogen) atoms. The number of ether oxygens (including phenoxy) is 1. The van der Waals surface area contributed by atoms with E-state index >= 15 is 0 Å². The molecule has 0 spiro atoms. The standard InChI is InChI=1S/C18H16Cl2N2O2/c1-18(2)6-9-14(15-10(19)4-3-5-11(15)20)16(22)13(8-21)24-17(9)12(23)7-18/h3-5,14H,6-7,22H2,1-2H3. The molecular formula is C18H16Cl2N2O2. The monoisotopic (exact) mass is 362 g/mol. The van der Waals surface area contributed by atoms with E-state index in [1.807, 2.05) is 19.9 Å². The first-order chi connectivity index (χ1) is 11.2. The van der Waals surface area contributed by atoms with Crippen LogP contribution in [0.3, 0.4) is 0 Å². The van der Waals surface area contributed by atoms with E-state index in [1.165, 1.54) is 0 Å². The molecule has 1 aliphatic carbocycles. The Morgan fingerprint density at radius 3 is 2.50 bits per heavy atom. The highest BCUT2D eigenvalue weighted by Gasteiger charge is 2.43. The second kappa shape index (κ2) is 5.84. The number of rotatable bonds is 1. The number of Topliss-reactive ketones (excluding diaryl/α,β-unsaturated/α-hetero) is 1. The Labute approximate surface area is 150 Å². The average molecular weight is 363 g/mol. The van der Waals surface area contributed by atoms with E-state index in [4.69, 9.17) is 33.7 Å². The molecule has 6 heteroatoms. The number of nitriles is 1. The third-order valence-electron chi connectivity index (χ3n) is 4.37. The molecule has 1 atom stereocenters. The minimum atomic E-state index is -0.534. The number of nitrogens with two attached hydrogens (primary N) is 1. The molecule has 1 aliphatic heterocycles. The summed E-state index contributed by atoms with van der Waals surface area (Å²) in [5.41, 5.74) is 7.56. The molecule has 2 N–H and O–H groups in total. The van der Waals surface area contributed by atoms with Crippen LogP contribution in [0, 0.1) is 16.7 Å². The van der Waals surface area contributed by atoms with Crippen molar-refractivity contribution in [2.45, 2.75) is 32.6 Å². The number of carbonyl (C=O) groups excluding carboxylic acids is 1. The maximum absolute atomic E-state index is 12.5. The van der Waals surface area contributed by atoms with Gasteiger partial charge in [-0.25, -0.2) is 0 Å². The summed E-state index contributed by atoms with van der Waals surface area (Å²) in [5, 5.41) is 10.2. The van der Waals surface area contributed by atoms with Gasteiger partial charge in [0, 0.05) is 22.0 Å². The quantitative estimate of drug-likeness (QED) is 0.800. The van der Waals surface area contributed by atoms with Gasteiger partial charge in [-0.1, -0.05) is 43.1 Å². The molecule has 1 aromatic carbocycles. The first kappa shape index (κ1) is 16.9. The van der Waals surface area contributed by atoms with Crippen LogP contribution in [0.5, 0.6) is 0 Å². The maximum atomic E-state index is 12.5. The van der Waals surface area contributed by atoms with Gasteiger partial charge < -0.3 is 10.5 Å². The Kier molecular flexibility index (Phi) is 4.11. The molecule has 1 aromatic rings. The number of hydrogen-bond donors (Lipinski definition) is 1. The Hall–Kier alpha value is -1.96. The van der Waals surface area contributed by atoms with Gasteiger partial charge in [-0.05, 0) is 29.5 Å². The largest absolute Gasteiger partial charge is 0.441 e. The van der Waals surface area contributed by atoms with Gasteiger partial charge in [0.25, 0.3) is 0 Å². The van der Waals surface area contributed by atoms with E-state index in [-0.39, 0.29) is 28.4 Å². The van der Waals surface area contributed by atoms with Crippen LogP contribution in [0.4, 0.5) is 0 Å². The molecule has 1 unspecified atom stereocenters. The van der Waals surface area contributed by atoms with Crippen molar-refractivity contribution in [2.24, 2.45) is 11.1 Å². The van der Waals surface area contributed by atoms with Crippen LogP contribution in [-0.4, -0.2) is 5.78 Å². The van der Waals surface area contributed by atoms with Gasteiger partial charge in [0.15, 0.2) is 11.5 Å². The predicted octanol–water partition coefficient (Wildman–Crippen LogP) is 4.44. The molecule has 0 fully saturated rings. The molecule has 0 aromatic heterocycles. The molecule has 124 valence electrons. The van der Waals surface area contributed by atoms with Crippen molar-refractivity contribution in [3.8, 4) is 6.07 Å². The molecule has 3 rings (SSSR count). The number of ketones is 1. The van der Waals surface area contributed by atoms with Crippen molar-refractivity contribution in [1.29, 1.82) is 5.26 Å². The molecular weight excluding hydrogens is 347 g/mol. The van der Waals surface area contributed by atoms with E-state index in [1.54, 1.807) is 18.2 Å². The van der Waals surface area contributed by atoms with Crippen LogP contribution in [0.25, 0.3) is 0 Å². The van der Waals surface area contributed by atoms with Crippen molar-refractivity contribution in [3.63, 3.8) is 0 Å². The van der Waals surface area contributed by atoms with Crippen molar-refractivity contribution in [3.05, 3.63) is 56.6 Å². The minimum absolute atomic E-state index is 0.0669. The summed E-state index contributed by atoms with van der Waals surface area (Å²) in [4.78, 5) is 12.5. The van der Waals surface area contributed by atoms with Crippen molar-refractivity contribution < 1.29 is 9.53 Å². The molecule has 0 saturated heterocycles. The lowest BCUT2D eigenvalue weighted by atomic mass is 9.70. The molecule has 4 nitrogen and oxygen atoms in total. The van der Waals surface area contributed by atoms with Crippen LogP contribution in [-0.2, 0) is 9.53 Å². The summed E-state index contributed by atoms with van der Waals surface area (Å²) in [5.74, 6) is -0.522. The van der Waals surface area contributed by atoms with E-state index in [0.29, 0.717) is 28.5 Å². The van der Waals surface area contributed by atoms with Crippen molar-refractivity contribution >= 4 is 29.0 Å². The highest BCUT2D eigenvalue weighted by molar-refractivity contribution is 6.36. The van der Waals surface area contributed by atoms with Crippen molar-refractivity contribution in [2.75, 3.05) is 0 Å². The average Bonchev–Trinajstić information content (AvgIpc) is 2.48. The number of halogens is 2. The third-order valence-corrected chi connectivity index (χ3v) is 5.03. The zero-order valence-corrected chi connectivity index (χ0v) is 14.8. The molecule has 2 aliphatic rings. The van der Waals surface area contributed by atoms with Crippen LogP contribution >= 0.6 is 23.2 Å². The van der Waals surface area contributed by atoms with E-state index < -0.39 is 5.92 Å². The third kappa shape index (κ3) is 2.68. The summed E-state index contributed by atoms with van der Waals surface area (Å²) in [6, 6.07) is 7.10. The summed E-state index contributed by atoms with van der Waals surface area (Å²) < 4.78 is 5.53. The first-order valence-electron chi connectivity index (χ1n) is 7.53. The Bertz CT molecular complexity index is 827. The molecule has 0 saturated carbocycles. The van der Waals surface area contributed by atoms with Gasteiger partial charge in [-0.2, -0.15) is 5.26 Å². The predicted molar refractivity (Wildman–Crippen MR) is 92.2 cm³/mol. The fourth-order valence-corrected chi connectivity index (χ4v) is 4.01. The zero-order valence-electron chi connectivity index (χ0n) is 13.3. The van der Waals surface area contributed by atoms with Crippen LogP contribution in [0.1, 0.15) is 38.2 Å². The van der Waals surface area contributed by atoms with Crippen LogP contribution < -0.4 is 5.73 Å². The number of benzene rings is 1. The van der Waals surface area contributed by atoms with Gasteiger partial charge in [0.2, 0.25) is 5.76 Å². The van der Waals surface area contributed by atoms with Gasteiger partial charge in [0.1, 0.15) is 6.07 Å². The lowest BCUT2D eigenvalue weighted by Gasteiger charge is -2.38. The smallest absolute Gasteiger partial charge is 0.223 e. The number of hydrogen-bond acceptors (Lipinski definition) is 4. The van der Waals surface area contributed by atoms with Gasteiger partial charge >= 0.3 is 0 Å². The number of carbonyl (C=O) groups is 1. The Morgan fingerprint density at radius 2 is 1.92 bits per heavy atom. The second-order valence-electron chi connectivity index (χ2n) is 6.86. The number of nitrogens with zero attached hydrogens (tertiary/aromatic N) is 1. The molecule has 1 heterocycles. The van der Waals surface area contributed by atoms with Crippen LogP contribution in [0.2, 0.25) is 10.0 Å². The summed E-state index contributed by atoms with van der Waals surface area (Å²) in [6.45, 7) is 4.03. The highest BCUT2D eigenvalue weighted by atomic mass is 35.5. The van der Waals surface area contributed by atoms with Gasteiger partial charge in [-0.15, -0.1) is 0 Å². The summed E-state index contributed by atoms with van der Waals surface area (Å²) >= 11 is 12.7. The zero-order chi connectivity index (χ0) is 17.6.